The molecule has 24 heavy (non-hydrogen) atoms. The quantitative estimate of drug-likeness (QED) is 0.745. The molecule has 0 bridgehead atoms. The lowest BCUT2D eigenvalue weighted by Gasteiger charge is -2.21. The zero-order valence-corrected chi connectivity index (χ0v) is 14.2. The fourth-order valence-corrected chi connectivity index (χ4v) is 2.77. The Morgan fingerprint density at radius 1 is 1.21 bits per heavy atom. The second-order valence-electron chi connectivity index (χ2n) is 5.33. The highest BCUT2D eigenvalue weighted by Gasteiger charge is 2.18. The summed E-state index contributed by atoms with van der Waals surface area (Å²) >= 11 is 6.42. The molecule has 3 aromatic rings. The number of nitrogens with zero attached hydrogens (tertiary/aromatic N) is 4. The highest BCUT2D eigenvalue weighted by Crippen LogP contribution is 2.30. The van der Waals surface area contributed by atoms with Gasteiger partial charge in [-0.05, 0) is 39.8 Å². The Morgan fingerprint density at radius 2 is 2.04 bits per heavy atom. The monoisotopic (exact) mass is 343 g/mol. The maximum Gasteiger partial charge on any atom is 0.164 e. The second-order valence-corrected chi connectivity index (χ2v) is 5.74. The van der Waals surface area contributed by atoms with Crippen LogP contribution in [0.1, 0.15) is 23.0 Å². The first-order chi connectivity index (χ1) is 11.7. The SMILES string of the molecule is COc1cccc([C@H](NCc2nnnn2C)c2ccccc2Cl)c1. The second kappa shape index (κ2) is 7.42. The molecule has 0 fully saturated rings. The van der Waals surface area contributed by atoms with Crippen LogP contribution < -0.4 is 10.1 Å². The Kier molecular flexibility index (Phi) is 5.08. The van der Waals surface area contributed by atoms with Crippen molar-refractivity contribution in [3.8, 4) is 5.75 Å². The Balaban J connectivity index is 1.94. The van der Waals surface area contributed by atoms with Crippen molar-refractivity contribution >= 4 is 11.6 Å². The van der Waals surface area contributed by atoms with E-state index in [9.17, 15) is 0 Å². The summed E-state index contributed by atoms with van der Waals surface area (Å²) in [6, 6.07) is 15.6. The lowest BCUT2D eigenvalue weighted by atomic mass is 9.98. The number of hydrogen-bond acceptors (Lipinski definition) is 5. The lowest BCUT2D eigenvalue weighted by Crippen LogP contribution is -2.24. The molecule has 0 saturated carbocycles. The van der Waals surface area contributed by atoms with Gasteiger partial charge in [-0.15, -0.1) is 5.10 Å². The molecular formula is C17H18ClN5O. The fraction of sp³-hybridized carbons (Fsp3) is 0.235. The number of nitrogens with one attached hydrogen (secondary N) is 1. The number of methoxy groups -OCH3 is 1. The van der Waals surface area contributed by atoms with Crippen LogP contribution >= 0.6 is 11.6 Å². The number of rotatable bonds is 6. The zero-order chi connectivity index (χ0) is 16.9. The molecule has 0 saturated heterocycles. The lowest BCUT2D eigenvalue weighted by molar-refractivity contribution is 0.413. The van der Waals surface area contributed by atoms with E-state index >= 15 is 0 Å². The van der Waals surface area contributed by atoms with Crippen molar-refractivity contribution in [3.05, 3.63) is 70.5 Å². The van der Waals surface area contributed by atoms with Crippen molar-refractivity contribution in [2.45, 2.75) is 12.6 Å². The van der Waals surface area contributed by atoms with Crippen molar-refractivity contribution in [3.63, 3.8) is 0 Å². The molecule has 7 heteroatoms. The summed E-state index contributed by atoms with van der Waals surface area (Å²) in [6.45, 7) is 0.511. The van der Waals surface area contributed by atoms with Gasteiger partial charge in [-0.3, -0.25) is 5.32 Å². The van der Waals surface area contributed by atoms with E-state index in [0.29, 0.717) is 11.6 Å². The third kappa shape index (κ3) is 3.55. The van der Waals surface area contributed by atoms with Crippen molar-refractivity contribution in [1.29, 1.82) is 0 Å². The highest BCUT2D eigenvalue weighted by molar-refractivity contribution is 6.31. The van der Waals surface area contributed by atoms with Crippen LogP contribution in [0.15, 0.2) is 48.5 Å². The molecule has 3 rings (SSSR count). The highest BCUT2D eigenvalue weighted by atomic mass is 35.5. The predicted octanol–water partition coefficient (Wildman–Crippen LogP) is 2.75. The molecule has 124 valence electrons. The van der Waals surface area contributed by atoms with E-state index in [-0.39, 0.29) is 6.04 Å². The molecule has 2 aromatic carbocycles. The summed E-state index contributed by atoms with van der Waals surface area (Å²) in [5.41, 5.74) is 2.04. The number of tetrazole rings is 1. The van der Waals surface area contributed by atoms with Gasteiger partial charge in [-0.1, -0.05) is 41.9 Å². The molecule has 0 amide bonds. The minimum Gasteiger partial charge on any atom is -0.497 e. The number of hydrogen-bond donors (Lipinski definition) is 1. The van der Waals surface area contributed by atoms with Gasteiger partial charge in [-0.25, -0.2) is 4.68 Å². The molecular weight excluding hydrogens is 326 g/mol. The van der Waals surface area contributed by atoms with Crippen molar-refractivity contribution in [2.24, 2.45) is 7.05 Å². The number of aryl methyl sites for hydroxylation is 1. The van der Waals surface area contributed by atoms with Crippen molar-refractivity contribution < 1.29 is 4.74 Å². The minimum absolute atomic E-state index is 0.106. The topological polar surface area (TPSA) is 64.9 Å². The van der Waals surface area contributed by atoms with Crippen LogP contribution in [0, 0.1) is 0 Å². The first-order valence-electron chi connectivity index (χ1n) is 7.52. The van der Waals surface area contributed by atoms with Gasteiger partial charge in [-0.2, -0.15) is 0 Å². The van der Waals surface area contributed by atoms with Gasteiger partial charge >= 0.3 is 0 Å². The van der Waals surface area contributed by atoms with E-state index in [1.54, 1.807) is 11.8 Å². The Morgan fingerprint density at radius 3 is 2.75 bits per heavy atom. The van der Waals surface area contributed by atoms with E-state index in [1.165, 1.54) is 0 Å². The Bertz CT molecular complexity index is 820. The van der Waals surface area contributed by atoms with Crippen LogP contribution in [-0.2, 0) is 13.6 Å². The van der Waals surface area contributed by atoms with E-state index in [1.807, 2.05) is 55.6 Å². The third-order valence-electron chi connectivity index (χ3n) is 3.82. The van der Waals surface area contributed by atoms with E-state index in [2.05, 4.69) is 20.8 Å². The first-order valence-corrected chi connectivity index (χ1v) is 7.90. The minimum atomic E-state index is -0.106. The summed E-state index contributed by atoms with van der Waals surface area (Å²) < 4.78 is 6.98. The molecule has 0 spiro atoms. The van der Waals surface area contributed by atoms with Crippen LogP contribution in [0.5, 0.6) is 5.75 Å². The molecule has 0 radical (unpaired) electrons. The number of halogens is 1. The Hall–Kier alpha value is -2.44. The molecule has 1 atom stereocenters. The van der Waals surface area contributed by atoms with Gasteiger partial charge in [0.1, 0.15) is 5.75 Å². The van der Waals surface area contributed by atoms with Crippen LogP contribution in [0.4, 0.5) is 0 Å². The molecule has 6 nitrogen and oxygen atoms in total. The number of ether oxygens (including phenoxy) is 1. The largest absolute Gasteiger partial charge is 0.497 e. The maximum absolute atomic E-state index is 6.42. The number of aromatic nitrogens is 4. The molecule has 0 aliphatic rings. The molecule has 0 unspecified atom stereocenters. The molecule has 1 heterocycles. The van der Waals surface area contributed by atoms with Crippen molar-refractivity contribution in [1.82, 2.24) is 25.5 Å². The summed E-state index contributed by atoms with van der Waals surface area (Å²) in [5, 5.41) is 15.7. The molecule has 0 aliphatic heterocycles. The normalized spacial score (nSPS) is 12.1. The van der Waals surface area contributed by atoms with Crippen LogP contribution in [0.25, 0.3) is 0 Å². The van der Waals surface area contributed by atoms with Gasteiger partial charge in [0.25, 0.3) is 0 Å². The molecule has 1 N–H and O–H groups in total. The average molecular weight is 344 g/mol. The average Bonchev–Trinajstić information content (AvgIpc) is 3.02. The first kappa shape index (κ1) is 16.4. The standard InChI is InChI=1S/C17H18ClN5O/c1-23-16(20-21-22-23)11-19-17(14-8-3-4-9-15(14)18)12-6-5-7-13(10-12)24-2/h3-10,17,19H,11H2,1-2H3/t17-/m0/s1. The van der Waals surface area contributed by atoms with Gasteiger partial charge in [0, 0.05) is 12.1 Å². The summed E-state index contributed by atoms with van der Waals surface area (Å²) in [5.74, 6) is 1.54. The number of benzene rings is 2. The van der Waals surface area contributed by atoms with E-state index in [0.717, 1.165) is 22.7 Å². The molecule has 0 aliphatic carbocycles. The fourth-order valence-electron chi connectivity index (χ4n) is 2.53. The van der Waals surface area contributed by atoms with Crippen molar-refractivity contribution in [2.75, 3.05) is 7.11 Å². The van der Waals surface area contributed by atoms with Crippen LogP contribution in [-0.4, -0.2) is 27.3 Å². The summed E-state index contributed by atoms with van der Waals surface area (Å²) in [6.07, 6.45) is 0. The van der Waals surface area contributed by atoms with Gasteiger partial charge in [0.05, 0.1) is 19.7 Å². The van der Waals surface area contributed by atoms with E-state index in [4.69, 9.17) is 16.3 Å². The van der Waals surface area contributed by atoms with Crippen LogP contribution in [0.3, 0.4) is 0 Å². The van der Waals surface area contributed by atoms with Gasteiger partial charge in [0.2, 0.25) is 0 Å². The smallest absolute Gasteiger partial charge is 0.164 e. The predicted molar refractivity (Wildman–Crippen MR) is 91.9 cm³/mol. The molecule has 1 aromatic heterocycles. The maximum atomic E-state index is 6.42. The zero-order valence-electron chi connectivity index (χ0n) is 13.5. The van der Waals surface area contributed by atoms with E-state index < -0.39 is 0 Å². The van der Waals surface area contributed by atoms with Gasteiger partial charge < -0.3 is 4.74 Å². The summed E-state index contributed by atoms with van der Waals surface area (Å²) in [4.78, 5) is 0. The van der Waals surface area contributed by atoms with Gasteiger partial charge in [0.15, 0.2) is 5.82 Å². The van der Waals surface area contributed by atoms with Crippen LogP contribution in [0.2, 0.25) is 5.02 Å². The third-order valence-corrected chi connectivity index (χ3v) is 4.16. The Labute approximate surface area is 145 Å². The summed E-state index contributed by atoms with van der Waals surface area (Å²) in [7, 11) is 3.47.